The molecule has 3 N–H and O–H groups in total. The van der Waals surface area contributed by atoms with E-state index in [1.165, 1.54) is 18.5 Å². The van der Waals surface area contributed by atoms with Crippen molar-refractivity contribution in [2.24, 2.45) is 0 Å². The van der Waals surface area contributed by atoms with Crippen LogP contribution in [0.1, 0.15) is 16.2 Å². The van der Waals surface area contributed by atoms with Gasteiger partial charge in [0.25, 0.3) is 5.91 Å². The Hall–Kier alpha value is -2.37. The molecule has 2 rings (SSSR count). The summed E-state index contributed by atoms with van der Waals surface area (Å²) in [6, 6.07) is 1.32. The van der Waals surface area contributed by atoms with Crippen molar-refractivity contribution in [1.82, 2.24) is 20.3 Å². The lowest BCUT2D eigenvalue weighted by Gasteiger charge is -2.02. The van der Waals surface area contributed by atoms with Crippen molar-refractivity contribution < 1.29 is 4.79 Å². The second-order valence-corrected chi connectivity index (χ2v) is 3.46. The Labute approximate surface area is 97.1 Å². The number of aromatic nitrogens is 3. The molecule has 1 amide bonds. The van der Waals surface area contributed by atoms with Gasteiger partial charge >= 0.3 is 0 Å². The van der Waals surface area contributed by atoms with Gasteiger partial charge in [-0.15, -0.1) is 0 Å². The van der Waals surface area contributed by atoms with Crippen LogP contribution >= 0.6 is 0 Å². The predicted molar refractivity (Wildman–Crippen MR) is 61.7 cm³/mol. The van der Waals surface area contributed by atoms with E-state index in [4.69, 9.17) is 0 Å². The van der Waals surface area contributed by atoms with Crippen LogP contribution in [0.15, 0.2) is 35.6 Å². The van der Waals surface area contributed by atoms with Crippen LogP contribution in [0.4, 0.5) is 0 Å². The Balaban J connectivity index is 1.90. The summed E-state index contributed by atoms with van der Waals surface area (Å²) >= 11 is 0. The lowest BCUT2D eigenvalue weighted by molar-refractivity contribution is 0.0952. The third-order valence-electron chi connectivity index (χ3n) is 2.27. The average Bonchev–Trinajstić information content (AvgIpc) is 2.82. The molecule has 0 atom stereocenters. The second kappa shape index (κ2) is 5.11. The van der Waals surface area contributed by atoms with Gasteiger partial charge in [-0.25, -0.2) is 4.98 Å². The van der Waals surface area contributed by atoms with E-state index in [0.717, 1.165) is 5.82 Å². The van der Waals surface area contributed by atoms with Crippen molar-refractivity contribution in [2.45, 2.75) is 6.42 Å². The topological polar surface area (TPSA) is 90.6 Å². The summed E-state index contributed by atoms with van der Waals surface area (Å²) in [7, 11) is 0. The highest BCUT2D eigenvalue weighted by atomic mass is 16.2. The number of carbonyl (C=O) groups excluding carboxylic acids is 1. The van der Waals surface area contributed by atoms with E-state index in [9.17, 15) is 9.59 Å². The fourth-order valence-corrected chi connectivity index (χ4v) is 1.42. The number of nitrogens with one attached hydrogen (secondary N) is 3. The number of amides is 1. The number of pyridine rings is 1. The van der Waals surface area contributed by atoms with E-state index in [-0.39, 0.29) is 16.9 Å². The summed E-state index contributed by atoms with van der Waals surface area (Å²) in [5.74, 6) is 0.422. The first-order valence-corrected chi connectivity index (χ1v) is 5.21. The first-order chi connectivity index (χ1) is 8.27. The van der Waals surface area contributed by atoms with Gasteiger partial charge in [-0.2, -0.15) is 0 Å². The quantitative estimate of drug-likeness (QED) is 0.696. The molecule has 0 aliphatic carbocycles. The summed E-state index contributed by atoms with van der Waals surface area (Å²) in [5, 5.41) is 2.66. The van der Waals surface area contributed by atoms with Crippen molar-refractivity contribution in [3.63, 3.8) is 0 Å². The summed E-state index contributed by atoms with van der Waals surface area (Å²) < 4.78 is 0. The van der Waals surface area contributed by atoms with Crippen LogP contribution in [0.25, 0.3) is 0 Å². The fourth-order valence-electron chi connectivity index (χ4n) is 1.42. The lowest BCUT2D eigenvalue weighted by atomic mass is 10.2. The van der Waals surface area contributed by atoms with Crippen LogP contribution in [0.2, 0.25) is 0 Å². The van der Waals surface area contributed by atoms with Gasteiger partial charge < -0.3 is 15.3 Å². The third kappa shape index (κ3) is 2.81. The molecule has 0 saturated carbocycles. The third-order valence-corrected chi connectivity index (χ3v) is 2.27. The van der Waals surface area contributed by atoms with Crippen molar-refractivity contribution >= 4 is 5.91 Å². The van der Waals surface area contributed by atoms with E-state index in [1.807, 2.05) is 0 Å². The molecule has 0 aliphatic rings. The molecule has 0 saturated heterocycles. The van der Waals surface area contributed by atoms with Crippen molar-refractivity contribution in [1.29, 1.82) is 0 Å². The van der Waals surface area contributed by atoms with Crippen LogP contribution in [0, 0.1) is 0 Å². The van der Waals surface area contributed by atoms with Crippen molar-refractivity contribution in [3.8, 4) is 0 Å². The molecule has 0 unspecified atom stereocenters. The van der Waals surface area contributed by atoms with E-state index >= 15 is 0 Å². The smallest absolute Gasteiger partial charge is 0.256 e. The molecule has 2 aromatic rings. The van der Waals surface area contributed by atoms with E-state index in [1.54, 1.807) is 12.4 Å². The van der Waals surface area contributed by atoms with Crippen LogP contribution in [0.5, 0.6) is 0 Å². The number of hydrogen-bond donors (Lipinski definition) is 3. The highest BCUT2D eigenvalue weighted by Gasteiger charge is 2.08. The zero-order chi connectivity index (χ0) is 12.1. The molecule has 0 spiro atoms. The molecule has 2 aromatic heterocycles. The minimum absolute atomic E-state index is 0.118. The van der Waals surface area contributed by atoms with Gasteiger partial charge in [0.05, 0.1) is 0 Å². The Kier molecular flexibility index (Phi) is 3.34. The highest BCUT2D eigenvalue weighted by Crippen LogP contribution is 1.91. The van der Waals surface area contributed by atoms with Crippen molar-refractivity contribution in [3.05, 3.63) is 52.5 Å². The Morgan fingerprint density at radius 2 is 2.29 bits per heavy atom. The largest absolute Gasteiger partial charge is 0.367 e. The van der Waals surface area contributed by atoms with Gasteiger partial charge in [-0.3, -0.25) is 9.59 Å². The SMILES string of the molecule is O=C(NCCc1ncc[nH]1)c1c[nH]ccc1=O. The first-order valence-electron chi connectivity index (χ1n) is 5.21. The zero-order valence-corrected chi connectivity index (χ0v) is 9.06. The van der Waals surface area contributed by atoms with Crippen LogP contribution in [-0.4, -0.2) is 27.4 Å². The number of aromatic amines is 2. The minimum Gasteiger partial charge on any atom is -0.367 e. The Morgan fingerprint density at radius 3 is 3.00 bits per heavy atom. The molecule has 0 fully saturated rings. The molecular weight excluding hydrogens is 220 g/mol. The number of imidazole rings is 1. The predicted octanol–water partition coefficient (Wildman–Crippen LogP) is 0.0705. The maximum atomic E-state index is 11.6. The monoisotopic (exact) mass is 232 g/mol. The molecule has 0 aliphatic heterocycles. The number of nitrogens with zero attached hydrogens (tertiary/aromatic N) is 1. The van der Waals surface area contributed by atoms with Gasteiger partial charge in [0.2, 0.25) is 0 Å². The summed E-state index contributed by atoms with van der Waals surface area (Å²) in [4.78, 5) is 32.7. The van der Waals surface area contributed by atoms with Gasteiger partial charge in [0.15, 0.2) is 5.43 Å². The average molecular weight is 232 g/mol. The van der Waals surface area contributed by atoms with Gasteiger partial charge in [-0.05, 0) is 0 Å². The molecular formula is C11H12N4O2. The molecule has 0 aromatic carbocycles. The van der Waals surface area contributed by atoms with Gasteiger partial charge in [0.1, 0.15) is 11.4 Å². The molecule has 17 heavy (non-hydrogen) atoms. The number of hydrogen-bond acceptors (Lipinski definition) is 3. The Morgan fingerprint density at radius 1 is 1.41 bits per heavy atom. The maximum absolute atomic E-state index is 11.6. The van der Waals surface area contributed by atoms with Gasteiger partial charge in [0, 0.05) is 43.8 Å². The molecule has 6 nitrogen and oxygen atoms in total. The second-order valence-electron chi connectivity index (χ2n) is 3.46. The van der Waals surface area contributed by atoms with Crippen molar-refractivity contribution in [2.75, 3.05) is 6.54 Å². The summed E-state index contributed by atoms with van der Waals surface area (Å²) in [6.45, 7) is 0.431. The number of carbonyl (C=O) groups is 1. The number of rotatable bonds is 4. The molecule has 6 heteroatoms. The van der Waals surface area contributed by atoms with Crippen LogP contribution < -0.4 is 10.7 Å². The molecule has 0 bridgehead atoms. The van der Waals surface area contributed by atoms with E-state index in [2.05, 4.69) is 20.3 Å². The van der Waals surface area contributed by atoms with Crippen LogP contribution in [0.3, 0.4) is 0 Å². The molecule has 2 heterocycles. The summed E-state index contributed by atoms with van der Waals surface area (Å²) in [5.41, 5.74) is -0.175. The lowest BCUT2D eigenvalue weighted by Crippen LogP contribution is -2.30. The normalized spacial score (nSPS) is 10.1. The summed E-state index contributed by atoms with van der Waals surface area (Å²) in [6.07, 6.45) is 6.86. The maximum Gasteiger partial charge on any atom is 0.256 e. The van der Waals surface area contributed by atoms with E-state index < -0.39 is 0 Å². The Bertz CT molecular complexity index is 545. The van der Waals surface area contributed by atoms with E-state index in [0.29, 0.717) is 13.0 Å². The zero-order valence-electron chi connectivity index (χ0n) is 9.06. The van der Waals surface area contributed by atoms with Crippen LogP contribution in [-0.2, 0) is 6.42 Å². The number of H-pyrrole nitrogens is 2. The molecule has 0 radical (unpaired) electrons. The highest BCUT2D eigenvalue weighted by molar-refractivity contribution is 5.93. The first kappa shape index (κ1) is 11.1. The minimum atomic E-state index is -0.376. The van der Waals surface area contributed by atoms with Gasteiger partial charge in [-0.1, -0.05) is 0 Å². The molecule has 88 valence electrons. The standard InChI is InChI=1S/C11H12N4O2/c16-9-1-3-12-7-8(9)11(17)15-4-2-10-13-5-6-14-10/h1,3,5-7H,2,4H2,(H,12,16)(H,13,14)(H,15,17). The fraction of sp³-hybridized carbons (Fsp3) is 0.182.